The minimum Gasteiger partial charge on any atom is -0.719 e. The van der Waals surface area contributed by atoms with Gasteiger partial charge in [0.15, 0.2) is 0 Å². The summed E-state index contributed by atoms with van der Waals surface area (Å²) in [5.41, 5.74) is 0. The van der Waals surface area contributed by atoms with Crippen LogP contribution in [0, 0.1) is 0 Å². The SMILES string of the molecule is CCCN(CCC)C(=O)[S-].[K+]. The van der Waals surface area contributed by atoms with Gasteiger partial charge >= 0.3 is 51.4 Å². The third-order valence-electron chi connectivity index (χ3n) is 1.25. The molecule has 0 saturated carbocycles. The van der Waals surface area contributed by atoms with Gasteiger partial charge in [-0.3, -0.25) is 0 Å². The molecule has 0 spiro atoms. The maximum atomic E-state index is 10.7. The Labute approximate surface area is 117 Å². The standard InChI is InChI=1S/C7H15NOS.K/c1-3-5-8(6-4-2)7(9)10;/h3-6H2,1-2H3,(H,9,10);/q;+1/p-1. The summed E-state index contributed by atoms with van der Waals surface area (Å²) in [7, 11) is 0. The van der Waals surface area contributed by atoms with Gasteiger partial charge in [-0.15, -0.1) is 0 Å². The van der Waals surface area contributed by atoms with Crippen LogP contribution in [0.4, 0.5) is 4.79 Å². The molecule has 1 amide bonds. The van der Waals surface area contributed by atoms with Gasteiger partial charge in [-0.25, -0.2) is 0 Å². The zero-order chi connectivity index (χ0) is 7.98. The van der Waals surface area contributed by atoms with Crippen molar-refractivity contribution in [1.29, 1.82) is 0 Å². The number of carbonyl (C=O) groups is 1. The molecule has 0 aliphatic heterocycles. The van der Waals surface area contributed by atoms with E-state index in [2.05, 4.69) is 12.6 Å². The van der Waals surface area contributed by atoms with Crippen molar-refractivity contribution in [2.24, 2.45) is 0 Å². The van der Waals surface area contributed by atoms with Crippen molar-refractivity contribution in [3.63, 3.8) is 0 Å². The van der Waals surface area contributed by atoms with Crippen molar-refractivity contribution in [3.05, 3.63) is 0 Å². The molecule has 11 heavy (non-hydrogen) atoms. The Bertz CT molecular complexity index is 105. The van der Waals surface area contributed by atoms with Crippen LogP contribution in [0.25, 0.3) is 0 Å². The first-order chi connectivity index (χ1) is 4.72. The number of amides is 1. The summed E-state index contributed by atoms with van der Waals surface area (Å²) in [5.74, 6) is 0. The number of hydrogen-bond acceptors (Lipinski definition) is 2. The van der Waals surface area contributed by atoms with E-state index in [9.17, 15) is 4.79 Å². The quantitative estimate of drug-likeness (QED) is 0.418. The van der Waals surface area contributed by atoms with Crippen molar-refractivity contribution in [2.75, 3.05) is 13.1 Å². The second kappa shape index (κ2) is 9.41. The van der Waals surface area contributed by atoms with Gasteiger partial charge in [-0.2, -0.15) is 0 Å². The summed E-state index contributed by atoms with van der Waals surface area (Å²) in [6.45, 7) is 5.69. The van der Waals surface area contributed by atoms with E-state index in [4.69, 9.17) is 0 Å². The number of carbonyl (C=O) groups excluding carboxylic acids is 1. The summed E-state index contributed by atoms with van der Waals surface area (Å²) in [4.78, 5) is 12.4. The molecule has 60 valence electrons. The zero-order valence-corrected chi connectivity index (χ0v) is 11.5. The first kappa shape index (κ1) is 14.8. The van der Waals surface area contributed by atoms with E-state index in [0.29, 0.717) is 0 Å². The first-order valence-electron chi connectivity index (χ1n) is 3.68. The number of hydrogen-bond donors (Lipinski definition) is 0. The molecular formula is C7H14KNOS. The zero-order valence-electron chi connectivity index (χ0n) is 7.59. The van der Waals surface area contributed by atoms with Crippen molar-refractivity contribution >= 4 is 17.9 Å². The Hall–Kier alpha value is 1.33. The van der Waals surface area contributed by atoms with Crippen LogP contribution in [0.2, 0.25) is 0 Å². The van der Waals surface area contributed by atoms with E-state index in [1.165, 1.54) is 0 Å². The molecule has 0 rings (SSSR count). The van der Waals surface area contributed by atoms with Gasteiger partial charge in [0, 0.05) is 13.1 Å². The maximum Gasteiger partial charge on any atom is 1.00 e. The molecule has 0 radical (unpaired) electrons. The third-order valence-corrected chi connectivity index (χ3v) is 1.50. The van der Waals surface area contributed by atoms with Gasteiger partial charge in [0.25, 0.3) is 0 Å². The molecule has 0 aliphatic rings. The van der Waals surface area contributed by atoms with Gasteiger partial charge < -0.3 is 22.3 Å². The molecule has 0 saturated heterocycles. The molecule has 0 N–H and O–H groups in total. The van der Waals surface area contributed by atoms with E-state index in [1.54, 1.807) is 4.90 Å². The Kier molecular flexibility index (Phi) is 12.7. The molecular weight excluding hydrogens is 185 g/mol. The number of rotatable bonds is 4. The van der Waals surface area contributed by atoms with Crippen LogP contribution in [0.1, 0.15) is 26.7 Å². The second-order valence-electron chi connectivity index (χ2n) is 2.25. The topological polar surface area (TPSA) is 20.3 Å². The Morgan fingerprint density at radius 2 is 1.64 bits per heavy atom. The molecule has 0 unspecified atom stereocenters. The Balaban J connectivity index is 0. The van der Waals surface area contributed by atoms with Crippen LogP contribution in [0.15, 0.2) is 0 Å². The van der Waals surface area contributed by atoms with Crippen molar-refractivity contribution in [1.82, 2.24) is 4.90 Å². The molecule has 0 bridgehead atoms. The van der Waals surface area contributed by atoms with Gasteiger partial charge in [-0.05, 0) is 12.8 Å². The summed E-state index contributed by atoms with van der Waals surface area (Å²) >= 11 is 4.52. The first-order valence-corrected chi connectivity index (χ1v) is 4.09. The normalized spacial score (nSPS) is 8.55. The van der Waals surface area contributed by atoms with Crippen LogP contribution in [-0.2, 0) is 12.6 Å². The predicted molar refractivity (Wildman–Crippen MR) is 44.9 cm³/mol. The Morgan fingerprint density at radius 3 is 1.82 bits per heavy atom. The Morgan fingerprint density at radius 1 is 1.27 bits per heavy atom. The van der Waals surface area contributed by atoms with E-state index >= 15 is 0 Å². The minimum absolute atomic E-state index is 0. The molecule has 0 aromatic heterocycles. The van der Waals surface area contributed by atoms with E-state index in [1.807, 2.05) is 13.8 Å². The molecule has 0 aromatic carbocycles. The largest absolute Gasteiger partial charge is 1.00 e. The van der Waals surface area contributed by atoms with Gasteiger partial charge in [0.2, 0.25) is 0 Å². The van der Waals surface area contributed by atoms with Crippen LogP contribution in [0.3, 0.4) is 0 Å². The summed E-state index contributed by atoms with van der Waals surface area (Å²) < 4.78 is 0. The predicted octanol–water partition coefficient (Wildman–Crippen LogP) is -1.22. The smallest absolute Gasteiger partial charge is 0.719 e. The van der Waals surface area contributed by atoms with Crippen LogP contribution in [0.5, 0.6) is 0 Å². The van der Waals surface area contributed by atoms with Crippen molar-refractivity contribution in [3.8, 4) is 0 Å². The summed E-state index contributed by atoms with van der Waals surface area (Å²) in [6, 6.07) is 0. The van der Waals surface area contributed by atoms with Gasteiger partial charge in [0.05, 0.1) is 0 Å². The van der Waals surface area contributed by atoms with Crippen molar-refractivity contribution in [2.45, 2.75) is 26.7 Å². The van der Waals surface area contributed by atoms with Crippen molar-refractivity contribution < 1.29 is 56.2 Å². The van der Waals surface area contributed by atoms with Crippen LogP contribution >= 0.6 is 0 Å². The fraction of sp³-hybridized carbons (Fsp3) is 0.857. The average Bonchev–Trinajstić information content (AvgIpc) is 1.87. The third kappa shape index (κ3) is 7.68. The van der Waals surface area contributed by atoms with Gasteiger partial charge in [-0.1, -0.05) is 13.8 Å². The van der Waals surface area contributed by atoms with Gasteiger partial charge in [0.1, 0.15) is 5.24 Å². The molecule has 2 nitrogen and oxygen atoms in total. The van der Waals surface area contributed by atoms with E-state index < -0.39 is 0 Å². The molecule has 4 heteroatoms. The molecule has 0 aromatic rings. The minimum atomic E-state index is -0.219. The average molecular weight is 199 g/mol. The monoisotopic (exact) mass is 199 g/mol. The van der Waals surface area contributed by atoms with E-state index in [0.717, 1.165) is 25.9 Å². The summed E-state index contributed by atoms with van der Waals surface area (Å²) in [5, 5.41) is -0.219. The fourth-order valence-corrected chi connectivity index (χ4v) is 1.02. The molecule has 0 atom stereocenters. The van der Waals surface area contributed by atoms with Crippen LogP contribution < -0.4 is 51.4 Å². The summed E-state index contributed by atoms with van der Waals surface area (Å²) in [6.07, 6.45) is 1.98. The second-order valence-corrected chi connectivity index (χ2v) is 2.60. The van der Waals surface area contributed by atoms with E-state index in [-0.39, 0.29) is 56.6 Å². The van der Waals surface area contributed by atoms with Crippen LogP contribution in [-0.4, -0.2) is 23.2 Å². The fourth-order valence-electron chi connectivity index (χ4n) is 0.834. The molecule has 0 heterocycles. The molecule has 0 aliphatic carbocycles. The maximum absolute atomic E-state index is 10.7. The molecule has 0 fully saturated rings. The number of nitrogens with zero attached hydrogens (tertiary/aromatic N) is 1.